The van der Waals surface area contributed by atoms with Crippen molar-refractivity contribution < 1.29 is 29.3 Å². The summed E-state index contributed by atoms with van der Waals surface area (Å²) in [5, 5.41) is 19.8. The maximum atomic E-state index is 12.0. The number of carbonyl (C=O) groups excluding carboxylic acids is 2. The molecule has 2 aromatic rings. The van der Waals surface area contributed by atoms with Crippen LogP contribution in [-0.4, -0.2) is 53.5 Å². The van der Waals surface area contributed by atoms with E-state index < -0.39 is 36.4 Å². The van der Waals surface area contributed by atoms with E-state index in [2.05, 4.69) is 9.97 Å². The summed E-state index contributed by atoms with van der Waals surface area (Å²) >= 11 is 0. The van der Waals surface area contributed by atoms with E-state index in [4.69, 9.17) is 9.47 Å². The lowest BCUT2D eigenvalue weighted by molar-refractivity contribution is -0.179. The largest absolute Gasteiger partial charge is 0.452 e. The van der Waals surface area contributed by atoms with Crippen molar-refractivity contribution in [3.8, 4) is 0 Å². The van der Waals surface area contributed by atoms with Crippen molar-refractivity contribution in [1.29, 1.82) is 0 Å². The van der Waals surface area contributed by atoms with Crippen LogP contribution in [0.25, 0.3) is 0 Å². The number of nitrogens with zero attached hydrogens (tertiary/aromatic N) is 4. The van der Waals surface area contributed by atoms with Crippen molar-refractivity contribution in [1.82, 2.24) is 19.1 Å². The molecular weight excluding hydrogens is 344 g/mol. The van der Waals surface area contributed by atoms with E-state index in [1.807, 2.05) is 0 Å². The van der Waals surface area contributed by atoms with E-state index in [0.717, 1.165) is 0 Å². The van der Waals surface area contributed by atoms with Crippen LogP contribution in [0, 0.1) is 0 Å². The lowest BCUT2D eigenvalue weighted by Gasteiger charge is -2.20. The van der Waals surface area contributed by atoms with E-state index in [1.54, 1.807) is 49.5 Å². The molecule has 0 aliphatic rings. The smallest absolute Gasteiger partial charge is 0.339 e. The van der Waals surface area contributed by atoms with Crippen molar-refractivity contribution in [2.75, 3.05) is 0 Å². The first-order valence-corrected chi connectivity index (χ1v) is 7.94. The van der Waals surface area contributed by atoms with Gasteiger partial charge in [0.2, 0.25) is 0 Å². The number of hydrogen-bond acceptors (Lipinski definition) is 8. The molecule has 10 nitrogen and oxygen atoms in total. The minimum Gasteiger partial charge on any atom is -0.452 e. The van der Waals surface area contributed by atoms with Crippen LogP contribution in [0.1, 0.15) is 37.7 Å². The van der Waals surface area contributed by atoms with E-state index in [-0.39, 0.29) is 0 Å². The number of ether oxygens (including phenoxy) is 2. The van der Waals surface area contributed by atoms with Crippen LogP contribution in [0.2, 0.25) is 0 Å². The first-order chi connectivity index (χ1) is 12.2. The Morgan fingerprint density at radius 1 is 0.885 bits per heavy atom. The molecule has 2 heterocycles. The number of hydrogen-bond donors (Lipinski definition) is 2. The number of aliphatic hydroxyl groups excluding tert-OH is 2. The van der Waals surface area contributed by atoms with Crippen molar-refractivity contribution in [3.63, 3.8) is 0 Å². The van der Waals surface area contributed by atoms with E-state index >= 15 is 0 Å². The number of carbonyl (C=O) groups is 2. The zero-order chi connectivity index (χ0) is 19.4. The molecule has 142 valence electrons. The lowest BCUT2D eigenvalue weighted by atomic mass is 10.2. The standard InChI is InChI=1S/C16H22N4O6/c1-9(13-17-5-7-19(13)3)25-15(23)11(21)12(22)16(24)26-10(2)14-18-6-8-20(14)4/h5-12,21-22H,1-4H3. The van der Waals surface area contributed by atoms with Gasteiger partial charge >= 0.3 is 11.9 Å². The Labute approximate surface area is 150 Å². The Morgan fingerprint density at radius 2 is 1.23 bits per heavy atom. The highest BCUT2D eigenvalue weighted by molar-refractivity contribution is 5.85. The van der Waals surface area contributed by atoms with Crippen molar-refractivity contribution in [2.45, 2.75) is 38.3 Å². The van der Waals surface area contributed by atoms with Gasteiger partial charge in [-0.15, -0.1) is 0 Å². The zero-order valence-electron chi connectivity index (χ0n) is 14.9. The topological polar surface area (TPSA) is 129 Å². The molecule has 0 aliphatic carbocycles. The van der Waals surface area contributed by atoms with E-state index in [9.17, 15) is 19.8 Å². The Balaban J connectivity index is 1.93. The molecule has 4 atom stereocenters. The van der Waals surface area contributed by atoms with Crippen LogP contribution in [0.4, 0.5) is 0 Å². The van der Waals surface area contributed by atoms with Gasteiger partial charge in [0.25, 0.3) is 0 Å². The van der Waals surface area contributed by atoms with Gasteiger partial charge in [0, 0.05) is 38.9 Å². The van der Waals surface area contributed by atoms with Gasteiger partial charge in [-0.3, -0.25) is 0 Å². The average molecular weight is 366 g/mol. The molecule has 0 amide bonds. The van der Waals surface area contributed by atoms with Gasteiger partial charge in [-0.25, -0.2) is 19.6 Å². The number of rotatable bonds is 7. The van der Waals surface area contributed by atoms with Crippen LogP contribution < -0.4 is 0 Å². The highest BCUT2D eigenvalue weighted by Gasteiger charge is 2.35. The fraction of sp³-hybridized carbons (Fsp3) is 0.500. The molecule has 26 heavy (non-hydrogen) atoms. The number of aliphatic hydroxyl groups is 2. The number of esters is 2. The first-order valence-electron chi connectivity index (χ1n) is 7.94. The predicted molar refractivity (Wildman–Crippen MR) is 87.4 cm³/mol. The Morgan fingerprint density at radius 3 is 1.50 bits per heavy atom. The Hall–Kier alpha value is -2.72. The summed E-state index contributed by atoms with van der Waals surface area (Å²) < 4.78 is 13.4. The fourth-order valence-electron chi connectivity index (χ4n) is 2.39. The van der Waals surface area contributed by atoms with Gasteiger partial charge < -0.3 is 28.8 Å². The summed E-state index contributed by atoms with van der Waals surface area (Å²) in [7, 11) is 3.43. The lowest BCUT2D eigenvalue weighted by Crippen LogP contribution is -2.42. The quantitative estimate of drug-likeness (QED) is 0.644. The maximum Gasteiger partial charge on any atom is 0.339 e. The molecule has 0 spiro atoms. The summed E-state index contributed by atoms with van der Waals surface area (Å²) in [4.78, 5) is 32.0. The molecule has 2 aromatic heterocycles. The predicted octanol–water partition coefficient (Wildman–Crippen LogP) is -0.216. The molecular formula is C16H22N4O6. The monoisotopic (exact) mass is 366 g/mol. The SMILES string of the molecule is CC(OC(=O)C(O)C(O)C(=O)OC(C)c1nccn1C)c1nccn1C. The highest BCUT2D eigenvalue weighted by Crippen LogP contribution is 2.18. The summed E-state index contributed by atoms with van der Waals surface area (Å²) in [5.41, 5.74) is 0. The van der Waals surface area contributed by atoms with E-state index in [0.29, 0.717) is 11.6 Å². The van der Waals surface area contributed by atoms with Crippen LogP contribution in [0.15, 0.2) is 24.8 Å². The molecule has 0 aromatic carbocycles. The van der Waals surface area contributed by atoms with E-state index in [1.165, 1.54) is 12.4 Å². The van der Waals surface area contributed by atoms with Crippen LogP contribution in [0.5, 0.6) is 0 Å². The van der Waals surface area contributed by atoms with Gasteiger partial charge in [0.1, 0.15) is 11.6 Å². The van der Waals surface area contributed by atoms with Gasteiger partial charge in [0.05, 0.1) is 0 Å². The van der Waals surface area contributed by atoms with Crippen LogP contribution in [-0.2, 0) is 33.2 Å². The number of imidazole rings is 2. The summed E-state index contributed by atoms with van der Waals surface area (Å²) in [6.45, 7) is 3.11. The Kier molecular flexibility index (Phi) is 6.11. The molecule has 4 unspecified atom stereocenters. The molecule has 0 bridgehead atoms. The normalized spacial score (nSPS) is 15.8. The first kappa shape index (κ1) is 19.6. The summed E-state index contributed by atoms with van der Waals surface area (Å²) in [6, 6.07) is 0. The van der Waals surface area contributed by atoms with Crippen LogP contribution >= 0.6 is 0 Å². The van der Waals surface area contributed by atoms with Crippen LogP contribution in [0.3, 0.4) is 0 Å². The van der Waals surface area contributed by atoms with Gasteiger partial charge in [0.15, 0.2) is 24.4 Å². The average Bonchev–Trinajstić information content (AvgIpc) is 3.21. The minimum atomic E-state index is -2.08. The second-order valence-corrected chi connectivity index (χ2v) is 5.84. The molecule has 2 N–H and O–H groups in total. The third-order valence-electron chi connectivity index (χ3n) is 3.81. The number of aryl methyl sites for hydroxylation is 2. The molecule has 0 fully saturated rings. The molecule has 10 heteroatoms. The molecule has 2 rings (SSSR count). The van der Waals surface area contributed by atoms with Crippen molar-refractivity contribution >= 4 is 11.9 Å². The van der Waals surface area contributed by atoms with Gasteiger partial charge in [-0.05, 0) is 13.8 Å². The molecule has 0 saturated heterocycles. The Bertz CT molecular complexity index is 706. The maximum absolute atomic E-state index is 12.0. The van der Waals surface area contributed by atoms with Crippen molar-refractivity contribution in [2.24, 2.45) is 14.1 Å². The second kappa shape index (κ2) is 8.11. The zero-order valence-corrected chi connectivity index (χ0v) is 14.9. The third-order valence-corrected chi connectivity index (χ3v) is 3.81. The van der Waals surface area contributed by atoms with Crippen molar-refractivity contribution in [3.05, 3.63) is 36.4 Å². The second-order valence-electron chi connectivity index (χ2n) is 5.84. The summed E-state index contributed by atoms with van der Waals surface area (Å²) in [5.74, 6) is -1.42. The van der Waals surface area contributed by atoms with Gasteiger partial charge in [-0.1, -0.05) is 0 Å². The molecule has 0 aliphatic heterocycles. The fourth-order valence-corrected chi connectivity index (χ4v) is 2.39. The third kappa shape index (κ3) is 4.27. The summed E-state index contributed by atoms with van der Waals surface area (Å²) in [6.07, 6.45) is 0.682. The number of aromatic nitrogens is 4. The molecule has 0 radical (unpaired) electrons. The highest BCUT2D eigenvalue weighted by atomic mass is 16.6. The molecule has 0 saturated carbocycles. The minimum absolute atomic E-state index is 0.450. The van der Waals surface area contributed by atoms with Gasteiger partial charge in [-0.2, -0.15) is 0 Å².